The molecule has 1 heterocycles. The zero-order chi connectivity index (χ0) is 11.4. The molecule has 0 amide bonds. The highest BCUT2D eigenvalue weighted by Crippen LogP contribution is 2.29. The lowest BCUT2D eigenvalue weighted by Crippen LogP contribution is -2.14. The second-order valence-corrected chi connectivity index (χ2v) is 3.87. The Labute approximate surface area is 90.8 Å². The molecule has 1 aromatic rings. The molecule has 0 aliphatic heterocycles. The Morgan fingerprint density at radius 1 is 1.33 bits per heavy atom. The second-order valence-electron chi connectivity index (χ2n) is 3.87. The maximum Gasteiger partial charge on any atom is 0.0834 e. The Balaban J connectivity index is 3.08. The summed E-state index contributed by atoms with van der Waals surface area (Å²) in [5.74, 6) is 0. The summed E-state index contributed by atoms with van der Waals surface area (Å²) in [5.41, 5.74) is 8.47. The van der Waals surface area contributed by atoms with Crippen molar-refractivity contribution in [2.45, 2.75) is 32.9 Å². The van der Waals surface area contributed by atoms with Crippen LogP contribution >= 0.6 is 0 Å². The van der Waals surface area contributed by atoms with Gasteiger partial charge in [-0.25, -0.2) is 0 Å². The molecular formula is C11H19N3O. The first kappa shape index (κ1) is 11.8. The number of ether oxygens (including phenoxy) is 1. The molecule has 1 unspecified atom stereocenters. The third-order valence-corrected chi connectivity index (χ3v) is 2.22. The fourth-order valence-electron chi connectivity index (χ4n) is 1.48. The summed E-state index contributed by atoms with van der Waals surface area (Å²) in [4.78, 5) is 4.07. The molecule has 1 rings (SSSR count). The van der Waals surface area contributed by atoms with E-state index in [0.29, 0.717) is 11.7 Å². The van der Waals surface area contributed by atoms with Crippen molar-refractivity contribution >= 4 is 11.4 Å². The van der Waals surface area contributed by atoms with Crippen LogP contribution < -0.4 is 11.1 Å². The minimum Gasteiger partial charge on any atom is -0.397 e. The molecule has 4 nitrogen and oxygen atoms in total. The van der Waals surface area contributed by atoms with Gasteiger partial charge in [-0.2, -0.15) is 0 Å². The number of rotatable bonds is 4. The number of anilines is 2. The molecule has 1 aromatic heterocycles. The molecule has 4 heteroatoms. The number of nitrogen functional groups attached to an aromatic ring is 1. The van der Waals surface area contributed by atoms with Gasteiger partial charge in [-0.1, -0.05) is 0 Å². The van der Waals surface area contributed by atoms with Gasteiger partial charge in [-0.3, -0.25) is 4.98 Å². The highest BCUT2D eigenvalue weighted by atomic mass is 16.5. The highest BCUT2D eigenvalue weighted by Gasteiger charge is 2.14. The van der Waals surface area contributed by atoms with E-state index in [1.165, 1.54) is 0 Å². The summed E-state index contributed by atoms with van der Waals surface area (Å²) >= 11 is 0. The fraction of sp³-hybridized carbons (Fsp3) is 0.545. The number of nitrogens with zero attached hydrogens (tertiary/aromatic N) is 1. The van der Waals surface area contributed by atoms with Crippen molar-refractivity contribution in [1.82, 2.24) is 4.98 Å². The topological polar surface area (TPSA) is 60.2 Å². The minimum atomic E-state index is -0.0331. The lowest BCUT2D eigenvalue weighted by molar-refractivity contribution is 0.120. The van der Waals surface area contributed by atoms with Gasteiger partial charge in [-0.05, 0) is 20.8 Å². The van der Waals surface area contributed by atoms with E-state index >= 15 is 0 Å². The smallest absolute Gasteiger partial charge is 0.0834 e. The fourth-order valence-corrected chi connectivity index (χ4v) is 1.48. The average Bonchev–Trinajstić information content (AvgIpc) is 2.16. The summed E-state index contributed by atoms with van der Waals surface area (Å²) < 4.78 is 5.29. The molecule has 0 fully saturated rings. The van der Waals surface area contributed by atoms with Gasteiger partial charge in [0.2, 0.25) is 0 Å². The molecule has 15 heavy (non-hydrogen) atoms. The first-order valence-corrected chi connectivity index (χ1v) is 5.09. The molecule has 0 saturated carbocycles. The van der Waals surface area contributed by atoms with E-state index in [4.69, 9.17) is 10.5 Å². The SMILES string of the molecule is COC(C)c1c(N)cncc1NC(C)C. The average molecular weight is 209 g/mol. The van der Waals surface area contributed by atoms with E-state index in [1.54, 1.807) is 19.5 Å². The Kier molecular flexibility index (Phi) is 3.91. The third kappa shape index (κ3) is 2.83. The van der Waals surface area contributed by atoms with Crippen molar-refractivity contribution in [2.24, 2.45) is 0 Å². The van der Waals surface area contributed by atoms with Crippen LogP contribution in [0.5, 0.6) is 0 Å². The number of nitrogens with one attached hydrogen (secondary N) is 1. The van der Waals surface area contributed by atoms with Crippen molar-refractivity contribution in [3.8, 4) is 0 Å². The molecule has 0 aromatic carbocycles. The van der Waals surface area contributed by atoms with Crippen LogP contribution in [0.25, 0.3) is 0 Å². The number of nitrogens with two attached hydrogens (primary N) is 1. The molecular weight excluding hydrogens is 190 g/mol. The van der Waals surface area contributed by atoms with Crippen molar-refractivity contribution in [3.05, 3.63) is 18.0 Å². The van der Waals surface area contributed by atoms with Crippen LogP contribution in [0, 0.1) is 0 Å². The van der Waals surface area contributed by atoms with E-state index in [2.05, 4.69) is 24.1 Å². The van der Waals surface area contributed by atoms with E-state index < -0.39 is 0 Å². The lowest BCUT2D eigenvalue weighted by atomic mass is 10.1. The second kappa shape index (κ2) is 4.98. The van der Waals surface area contributed by atoms with Crippen LogP contribution in [0.1, 0.15) is 32.4 Å². The lowest BCUT2D eigenvalue weighted by Gasteiger charge is -2.19. The largest absolute Gasteiger partial charge is 0.397 e. The van der Waals surface area contributed by atoms with Crippen LogP contribution in [-0.2, 0) is 4.74 Å². The predicted molar refractivity (Wildman–Crippen MR) is 62.8 cm³/mol. The maximum atomic E-state index is 5.89. The van der Waals surface area contributed by atoms with Gasteiger partial charge in [-0.15, -0.1) is 0 Å². The molecule has 0 aliphatic carbocycles. The van der Waals surface area contributed by atoms with E-state index in [9.17, 15) is 0 Å². The van der Waals surface area contributed by atoms with Crippen LogP contribution in [0.15, 0.2) is 12.4 Å². The quantitative estimate of drug-likeness (QED) is 0.798. The van der Waals surface area contributed by atoms with Crippen LogP contribution in [0.4, 0.5) is 11.4 Å². The monoisotopic (exact) mass is 209 g/mol. The Morgan fingerprint density at radius 2 is 2.00 bits per heavy atom. The first-order chi connectivity index (χ1) is 7.06. The molecule has 0 saturated heterocycles. The highest BCUT2D eigenvalue weighted by molar-refractivity contribution is 5.62. The summed E-state index contributed by atoms with van der Waals surface area (Å²) in [6.45, 7) is 6.12. The minimum absolute atomic E-state index is 0.0331. The Morgan fingerprint density at radius 3 is 2.53 bits per heavy atom. The van der Waals surface area contributed by atoms with Crippen molar-refractivity contribution in [1.29, 1.82) is 0 Å². The van der Waals surface area contributed by atoms with Gasteiger partial charge in [0.25, 0.3) is 0 Å². The normalized spacial score (nSPS) is 12.9. The van der Waals surface area contributed by atoms with Crippen molar-refractivity contribution in [3.63, 3.8) is 0 Å². The predicted octanol–water partition coefficient (Wildman–Crippen LogP) is 2.19. The standard InChI is InChI=1S/C11H19N3O/c1-7(2)14-10-6-13-5-9(12)11(10)8(3)15-4/h5-8,14H,12H2,1-4H3. The van der Waals surface area contributed by atoms with Gasteiger partial charge in [0.1, 0.15) is 0 Å². The number of pyridine rings is 1. The summed E-state index contributed by atoms with van der Waals surface area (Å²) in [7, 11) is 1.67. The zero-order valence-electron chi connectivity index (χ0n) is 9.74. The number of methoxy groups -OCH3 is 1. The third-order valence-electron chi connectivity index (χ3n) is 2.22. The molecule has 3 N–H and O–H groups in total. The Hall–Kier alpha value is -1.29. The first-order valence-electron chi connectivity index (χ1n) is 5.09. The molecule has 0 radical (unpaired) electrons. The molecule has 0 aliphatic rings. The van der Waals surface area contributed by atoms with Gasteiger partial charge in [0, 0.05) is 18.7 Å². The van der Waals surface area contributed by atoms with Crippen LogP contribution in [0.2, 0.25) is 0 Å². The van der Waals surface area contributed by atoms with Crippen LogP contribution in [-0.4, -0.2) is 18.1 Å². The summed E-state index contributed by atoms with van der Waals surface area (Å²) in [5, 5.41) is 3.31. The van der Waals surface area contributed by atoms with Gasteiger partial charge < -0.3 is 15.8 Å². The Bertz CT molecular complexity index is 326. The van der Waals surface area contributed by atoms with E-state index in [1.807, 2.05) is 6.92 Å². The van der Waals surface area contributed by atoms with Crippen molar-refractivity contribution < 1.29 is 4.74 Å². The molecule has 84 valence electrons. The van der Waals surface area contributed by atoms with E-state index in [-0.39, 0.29) is 6.10 Å². The van der Waals surface area contributed by atoms with Gasteiger partial charge in [0.15, 0.2) is 0 Å². The zero-order valence-corrected chi connectivity index (χ0v) is 9.74. The molecule has 1 atom stereocenters. The number of hydrogen-bond acceptors (Lipinski definition) is 4. The van der Waals surface area contributed by atoms with Gasteiger partial charge >= 0.3 is 0 Å². The summed E-state index contributed by atoms with van der Waals surface area (Å²) in [6.07, 6.45) is 3.40. The number of hydrogen-bond donors (Lipinski definition) is 2. The summed E-state index contributed by atoms with van der Waals surface area (Å²) in [6, 6.07) is 0.344. The maximum absolute atomic E-state index is 5.89. The van der Waals surface area contributed by atoms with Gasteiger partial charge in [0.05, 0.1) is 29.9 Å². The van der Waals surface area contributed by atoms with Crippen LogP contribution in [0.3, 0.4) is 0 Å². The van der Waals surface area contributed by atoms with Crippen molar-refractivity contribution in [2.75, 3.05) is 18.2 Å². The van der Waals surface area contributed by atoms with E-state index in [0.717, 1.165) is 11.3 Å². The molecule has 0 spiro atoms. The number of aromatic nitrogens is 1. The molecule has 0 bridgehead atoms.